The van der Waals surface area contributed by atoms with E-state index >= 15 is 0 Å². The average Bonchev–Trinajstić information content (AvgIpc) is 2.70. The van der Waals surface area contributed by atoms with Gasteiger partial charge in [-0.3, -0.25) is 4.79 Å². The number of hydrogen-bond acceptors (Lipinski definition) is 1. The predicted molar refractivity (Wildman–Crippen MR) is 43.4 cm³/mol. The minimum absolute atomic E-state index is 0.0625. The lowest BCUT2D eigenvalue weighted by Gasteiger charge is -2.08. The second kappa shape index (κ2) is 3.74. The van der Waals surface area contributed by atoms with Gasteiger partial charge in [0.15, 0.2) is 0 Å². The smallest absolute Gasteiger partial charge is 0.306 e. The first-order valence-electron chi connectivity index (χ1n) is 4.46. The molecule has 2 heteroatoms. The van der Waals surface area contributed by atoms with Crippen LogP contribution in [0.4, 0.5) is 0 Å². The molecule has 0 unspecified atom stereocenters. The lowest BCUT2D eigenvalue weighted by molar-refractivity contribution is -0.142. The third kappa shape index (κ3) is 2.91. The molecule has 0 radical (unpaired) electrons. The maximum absolute atomic E-state index is 10.7. The fourth-order valence-corrected chi connectivity index (χ4v) is 1.45. The first-order valence-corrected chi connectivity index (χ1v) is 4.46. The van der Waals surface area contributed by atoms with Gasteiger partial charge in [0.2, 0.25) is 0 Å². The maximum atomic E-state index is 10.7. The molecule has 1 fully saturated rings. The number of carbonyl (C=O) groups is 1. The van der Waals surface area contributed by atoms with Crippen molar-refractivity contribution in [1.82, 2.24) is 0 Å². The molecule has 1 aliphatic rings. The molecule has 0 heterocycles. The lowest BCUT2D eigenvalue weighted by Crippen LogP contribution is -2.13. The van der Waals surface area contributed by atoms with Crippen molar-refractivity contribution >= 4 is 5.97 Å². The van der Waals surface area contributed by atoms with Crippen molar-refractivity contribution in [3.63, 3.8) is 0 Å². The van der Waals surface area contributed by atoms with Crippen LogP contribution in [0.1, 0.15) is 39.0 Å². The second-order valence-corrected chi connectivity index (χ2v) is 3.50. The second-order valence-electron chi connectivity index (χ2n) is 3.50. The maximum Gasteiger partial charge on any atom is 0.306 e. The first-order chi connectivity index (χ1) is 5.24. The van der Waals surface area contributed by atoms with Gasteiger partial charge in [-0.1, -0.05) is 26.2 Å². The number of carboxylic acids is 1. The summed E-state index contributed by atoms with van der Waals surface area (Å²) < 4.78 is 0. The van der Waals surface area contributed by atoms with Gasteiger partial charge in [0.25, 0.3) is 0 Å². The SMILES string of the molecule is CCC[C@H](CC1CC1)C(=O)O. The quantitative estimate of drug-likeness (QED) is 0.663. The first kappa shape index (κ1) is 8.57. The Morgan fingerprint density at radius 3 is 2.64 bits per heavy atom. The van der Waals surface area contributed by atoms with Gasteiger partial charge in [0, 0.05) is 0 Å². The Morgan fingerprint density at radius 1 is 1.64 bits per heavy atom. The van der Waals surface area contributed by atoms with Crippen molar-refractivity contribution in [3.8, 4) is 0 Å². The summed E-state index contributed by atoms with van der Waals surface area (Å²) >= 11 is 0. The lowest BCUT2D eigenvalue weighted by atomic mass is 9.97. The van der Waals surface area contributed by atoms with Crippen molar-refractivity contribution < 1.29 is 9.90 Å². The molecule has 0 bridgehead atoms. The van der Waals surface area contributed by atoms with Crippen molar-refractivity contribution in [2.24, 2.45) is 11.8 Å². The summed E-state index contributed by atoms with van der Waals surface area (Å²) in [6, 6.07) is 0. The molecule has 0 aromatic heterocycles. The van der Waals surface area contributed by atoms with Crippen molar-refractivity contribution in [2.45, 2.75) is 39.0 Å². The van der Waals surface area contributed by atoms with Gasteiger partial charge >= 0.3 is 5.97 Å². The van der Waals surface area contributed by atoms with Crippen molar-refractivity contribution in [2.75, 3.05) is 0 Å². The van der Waals surface area contributed by atoms with Crippen LogP contribution >= 0.6 is 0 Å². The van der Waals surface area contributed by atoms with Crippen LogP contribution in [0, 0.1) is 11.8 Å². The van der Waals surface area contributed by atoms with E-state index in [0.29, 0.717) is 0 Å². The van der Waals surface area contributed by atoms with Crippen molar-refractivity contribution in [3.05, 3.63) is 0 Å². The van der Waals surface area contributed by atoms with Crippen LogP contribution in [0.25, 0.3) is 0 Å². The van der Waals surface area contributed by atoms with E-state index < -0.39 is 5.97 Å². The van der Waals surface area contributed by atoms with E-state index in [-0.39, 0.29) is 5.92 Å². The van der Waals surface area contributed by atoms with E-state index in [1.54, 1.807) is 0 Å². The predicted octanol–water partition coefficient (Wildman–Crippen LogP) is 2.29. The highest BCUT2D eigenvalue weighted by Crippen LogP contribution is 2.36. The summed E-state index contributed by atoms with van der Waals surface area (Å²) in [6.45, 7) is 2.04. The van der Waals surface area contributed by atoms with Crippen LogP contribution in [-0.4, -0.2) is 11.1 Å². The molecule has 64 valence electrons. The third-order valence-corrected chi connectivity index (χ3v) is 2.30. The summed E-state index contributed by atoms with van der Waals surface area (Å²) in [5, 5.41) is 8.78. The summed E-state index contributed by atoms with van der Waals surface area (Å²) in [7, 11) is 0. The largest absolute Gasteiger partial charge is 0.481 e. The zero-order valence-electron chi connectivity index (χ0n) is 7.05. The Hall–Kier alpha value is -0.530. The molecule has 0 aromatic rings. The minimum Gasteiger partial charge on any atom is -0.481 e. The highest BCUT2D eigenvalue weighted by molar-refractivity contribution is 5.69. The fraction of sp³-hybridized carbons (Fsp3) is 0.889. The van der Waals surface area contributed by atoms with Gasteiger partial charge in [-0.25, -0.2) is 0 Å². The molecule has 0 aliphatic heterocycles. The van der Waals surface area contributed by atoms with Crippen molar-refractivity contribution in [1.29, 1.82) is 0 Å². The fourth-order valence-electron chi connectivity index (χ4n) is 1.45. The van der Waals surface area contributed by atoms with Crippen LogP contribution < -0.4 is 0 Å². The van der Waals surface area contributed by atoms with Gasteiger partial charge in [0.05, 0.1) is 5.92 Å². The molecule has 0 spiro atoms. The Balaban J connectivity index is 2.24. The van der Waals surface area contributed by atoms with E-state index in [0.717, 1.165) is 25.2 Å². The number of aliphatic carboxylic acids is 1. The highest BCUT2D eigenvalue weighted by Gasteiger charge is 2.28. The van der Waals surface area contributed by atoms with Gasteiger partial charge < -0.3 is 5.11 Å². The highest BCUT2D eigenvalue weighted by atomic mass is 16.4. The molecular weight excluding hydrogens is 140 g/mol. The summed E-state index contributed by atoms with van der Waals surface area (Å²) in [5.41, 5.74) is 0. The van der Waals surface area contributed by atoms with Crippen LogP contribution in [0.2, 0.25) is 0 Å². The Kier molecular flexibility index (Phi) is 2.92. The van der Waals surface area contributed by atoms with Gasteiger partial charge in [-0.2, -0.15) is 0 Å². The van der Waals surface area contributed by atoms with Crippen LogP contribution in [-0.2, 0) is 4.79 Å². The Morgan fingerprint density at radius 2 is 2.27 bits per heavy atom. The van der Waals surface area contributed by atoms with Gasteiger partial charge in [0.1, 0.15) is 0 Å². The van der Waals surface area contributed by atoms with Crippen LogP contribution in [0.5, 0.6) is 0 Å². The zero-order valence-corrected chi connectivity index (χ0v) is 7.05. The van der Waals surface area contributed by atoms with E-state index in [4.69, 9.17) is 5.11 Å². The number of hydrogen-bond donors (Lipinski definition) is 1. The Labute approximate surface area is 67.6 Å². The molecule has 0 aromatic carbocycles. The molecule has 2 nitrogen and oxygen atoms in total. The minimum atomic E-state index is -0.598. The van der Waals surface area contributed by atoms with E-state index in [9.17, 15) is 4.79 Å². The van der Waals surface area contributed by atoms with E-state index in [1.807, 2.05) is 6.92 Å². The number of carboxylic acid groups (broad SMARTS) is 1. The molecule has 0 amide bonds. The molecule has 1 N–H and O–H groups in total. The molecule has 1 atom stereocenters. The molecular formula is C9H16O2. The van der Waals surface area contributed by atoms with Gasteiger partial charge in [-0.05, 0) is 18.8 Å². The molecule has 0 saturated heterocycles. The molecule has 1 rings (SSSR count). The van der Waals surface area contributed by atoms with Crippen LogP contribution in [0.15, 0.2) is 0 Å². The van der Waals surface area contributed by atoms with Crippen LogP contribution in [0.3, 0.4) is 0 Å². The zero-order chi connectivity index (χ0) is 8.27. The monoisotopic (exact) mass is 156 g/mol. The summed E-state index contributed by atoms with van der Waals surface area (Å²) in [4.78, 5) is 10.7. The number of rotatable bonds is 5. The molecule has 11 heavy (non-hydrogen) atoms. The molecule has 1 aliphatic carbocycles. The summed E-state index contributed by atoms with van der Waals surface area (Å²) in [5.74, 6) is 0.0777. The topological polar surface area (TPSA) is 37.3 Å². The molecule has 1 saturated carbocycles. The normalized spacial score (nSPS) is 19.7. The average molecular weight is 156 g/mol. The third-order valence-electron chi connectivity index (χ3n) is 2.30. The Bertz CT molecular complexity index is 138. The van der Waals surface area contributed by atoms with E-state index in [1.165, 1.54) is 12.8 Å². The summed E-state index contributed by atoms with van der Waals surface area (Å²) in [6.07, 6.45) is 5.28. The van der Waals surface area contributed by atoms with Gasteiger partial charge in [-0.15, -0.1) is 0 Å². The van der Waals surface area contributed by atoms with E-state index in [2.05, 4.69) is 0 Å². The standard InChI is InChI=1S/C9H16O2/c1-2-3-8(9(10)11)6-7-4-5-7/h7-8H,2-6H2,1H3,(H,10,11)/t8-/m1/s1.